The molecule has 128 valence electrons. The number of hydrogen-bond donors (Lipinski definition) is 3. The van der Waals surface area contributed by atoms with Gasteiger partial charge in [0.25, 0.3) is 0 Å². The zero-order chi connectivity index (χ0) is 16.7. The van der Waals surface area contributed by atoms with Gasteiger partial charge in [0, 0.05) is 17.4 Å². The number of carbonyl (C=O) groups excluding carboxylic acids is 1. The molecule has 0 radical (unpaired) electrons. The van der Waals surface area contributed by atoms with E-state index in [4.69, 9.17) is 0 Å². The lowest BCUT2D eigenvalue weighted by Gasteiger charge is -2.22. The molecule has 1 aliphatic rings. The summed E-state index contributed by atoms with van der Waals surface area (Å²) in [6, 6.07) is 6.70. The molecule has 0 unspecified atom stereocenters. The van der Waals surface area contributed by atoms with E-state index in [-0.39, 0.29) is 17.8 Å². The van der Waals surface area contributed by atoms with Gasteiger partial charge >= 0.3 is 6.03 Å². The van der Waals surface area contributed by atoms with Gasteiger partial charge in [-0.3, -0.25) is 4.72 Å². The van der Waals surface area contributed by atoms with Crippen LogP contribution in [-0.4, -0.2) is 26.2 Å². The molecule has 1 fully saturated rings. The van der Waals surface area contributed by atoms with Crippen LogP contribution in [0.2, 0.25) is 0 Å². The minimum Gasteiger partial charge on any atom is -0.335 e. The highest BCUT2D eigenvalue weighted by Crippen LogP contribution is 2.18. The molecule has 0 aromatic heterocycles. The van der Waals surface area contributed by atoms with Crippen molar-refractivity contribution in [3.8, 4) is 0 Å². The van der Waals surface area contributed by atoms with Crippen molar-refractivity contribution in [3.05, 3.63) is 24.3 Å². The van der Waals surface area contributed by atoms with E-state index < -0.39 is 10.0 Å². The highest BCUT2D eigenvalue weighted by Gasteiger charge is 2.15. The van der Waals surface area contributed by atoms with E-state index >= 15 is 0 Å². The van der Waals surface area contributed by atoms with Gasteiger partial charge in [-0.1, -0.05) is 26.2 Å². The summed E-state index contributed by atoms with van der Waals surface area (Å²) >= 11 is 0. The fraction of sp³-hybridized carbons (Fsp3) is 0.562. The second kappa shape index (κ2) is 8.19. The second-order valence-electron chi connectivity index (χ2n) is 5.93. The number of rotatable bonds is 6. The fourth-order valence-corrected chi connectivity index (χ4v) is 3.86. The monoisotopic (exact) mass is 339 g/mol. The average molecular weight is 339 g/mol. The van der Waals surface area contributed by atoms with Crippen LogP contribution in [0.25, 0.3) is 0 Å². The first kappa shape index (κ1) is 17.6. The molecule has 7 heteroatoms. The third-order valence-electron chi connectivity index (χ3n) is 3.83. The van der Waals surface area contributed by atoms with Gasteiger partial charge < -0.3 is 10.6 Å². The Kier molecular flexibility index (Phi) is 6.27. The van der Waals surface area contributed by atoms with Crippen LogP contribution in [0, 0.1) is 0 Å². The molecule has 6 nitrogen and oxygen atoms in total. The zero-order valence-corrected chi connectivity index (χ0v) is 14.3. The standard InChI is InChI=1S/C16H25N3O3S/c1-2-12-23(21,22)19-15-10-8-14(9-11-15)18-16(20)17-13-6-4-3-5-7-13/h8-11,13,19H,2-7,12H2,1H3,(H2,17,18,20). The van der Waals surface area contributed by atoms with Gasteiger partial charge in [0.1, 0.15) is 0 Å². The van der Waals surface area contributed by atoms with Crippen molar-refractivity contribution >= 4 is 27.4 Å². The number of benzene rings is 1. The first-order valence-corrected chi connectivity index (χ1v) is 9.82. The third kappa shape index (κ3) is 6.09. The van der Waals surface area contributed by atoms with Crippen LogP contribution in [0.4, 0.5) is 16.2 Å². The molecule has 0 atom stereocenters. The van der Waals surface area contributed by atoms with Crippen molar-refractivity contribution in [2.45, 2.75) is 51.5 Å². The predicted molar refractivity (Wildman–Crippen MR) is 93.2 cm³/mol. The van der Waals surface area contributed by atoms with Crippen molar-refractivity contribution in [1.29, 1.82) is 0 Å². The van der Waals surface area contributed by atoms with Crippen molar-refractivity contribution < 1.29 is 13.2 Å². The maximum atomic E-state index is 11.9. The fourth-order valence-electron chi connectivity index (χ4n) is 2.72. The van der Waals surface area contributed by atoms with Gasteiger partial charge in [-0.15, -0.1) is 0 Å². The molecule has 0 heterocycles. The van der Waals surface area contributed by atoms with Gasteiger partial charge in [-0.2, -0.15) is 0 Å². The van der Waals surface area contributed by atoms with E-state index in [1.807, 2.05) is 6.92 Å². The Bertz CT molecular complexity index is 608. The normalized spacial score (nSPS) is 15.9. The molecule has 1 aromatic rings. The highest BCUT2D eigenvalue weighted by atomic mass is 32.2. The topological polar surface area (TPSA) is 87.3 Å². The Morgan fingerprint density at radius 3 is 2.30 bits per heavy atom. The molecule has 3 N–H and O–H groups in total. The quantitative estimate of drug-likeness (QED) is 0.743. The molecule has 1 saturated carbocycles. The van der Waals surface area contributed by atoms with Gasteiger partial charge in [0.15, 0.2) is 0 Å². The van der Waals surface area contributed by atoms with Crippen LogP contribution in [-0.2, 0) is 10.0 Å². The van der Waals surface area contributed by atoms with E-state index in [1.165, 1.54) is 6.42 Å². The largest absolute Gasteiger partial charge is 0.335 e. The first-order valence-electron chi connectivity index (χ1n) is 8.16. The molecule has 1 aliphatic carbocycles. The lowest BCUT2D eigenvalue weighted by atomic mass is 9.96. The Labute approximate surface area is 138 Å². The van der Waals surface area contributed by atoms with Crippen LogP contribution < -0.4 is 15.4 Å². The van der Waals surface area contributed by atoms with Crippen molar-refractivity contribution in [2.75, 3.05) is 15.8 Å². The molecule has 2 amide bonds. The van der Waals surface area contributed by atoms with Crippen LogP contribution >= 0.6 is 0 Å². The summed E-state index contributed by atoms with van der Waals surface area (Å²) in [6.07, 6.45) is 6.21. The van der Waals surface area contributed by atoms with E-state index in [2.05, 4.69) is 15.4 Å². The van der Waals surface area contributed by atoms with Gasteiger partial charge in [0.05, 0.1) is 5.75 Å². The maximum Gasteiger partial charge on any atom is 0.319 e. The van der Waals surface area contributed by atoms with Crippen molar-refractivity contribution in [3.63, 3.8) is 0 Å². The van der Waals surface area contributed by atoms with Gasteiger partial charge in [-0.05, 0) is 43.5 Å². The molecular weight excluding hydrogens is 314 g/mol. The summed E-state index contributed by atoms with van der Waals surface area (Å²) in [5.74, 6) is 0.0940. The van der Waals surface area contributed by atoms with Crippen molar-refractivity contribution in [2.24, 2.45) is 0 Å². The Morgan fingerprint density at radius 1 is 1.09 bits per heavy atom. The number of carbonyl (C=O) groups is 1. The van der Waals surface area contributed by atoms with Crippen LogP contribution in [0.15, 0.2) is 24.3 Å². The first-order chi connectivity index (χ1) is 11.0. The SMILES string of the molecule is CCCS(=O)(=O)Nc1ccc(NC(=O)NC2CCCCC2)cc1. The molecule has 0 bridgehead atoms. The van der Waals surface area contributed by atoms with Gasteiger partial charge in [0.2, 0.25) is 10.0 Å². The highest BCUT2D eigenvalue weighted by molar-refractivity contribution is 7.92. The molecule has 0 saturated heterocycles. The minimum atomic E-state index is -3.29. The summed E-state index contributed by atoms with van der Waals surface area (Å²) in [5.41, 5.74) is 1.13. The van der Waals surface area contributed by atoms with Gasteiger partial charge in [-0.25, -0.2) is 13.2 Å². The summed E-state index contributed by atoms with van der Waals surface area (Å²) < 4.78 is 25.9. The lowest BCUT2D eigenvalue weighted by Crippen LogP contribution is -2.38. The Hall–Kier alpha value is -1.76. The van der Waals surface area contributed by atoms with E-state index in [0.717, 1.165) is 25.7 Å². The predicted octanol–water partition coefficient (Wildman–Crippen LogP) is 3.29. The summed E-state index contributed by atoms with van der Waals surface area (Å²) in [6.45, 7) is 1.82. The Morgan fingerprint density at radius 2 is 1.70 bits per heavy atom. The zero-order valence-electron chi connectivity index (χ0n) is 13.5. The van der Waals surface area contributed by atoms with Crippen molar-refractivity contribution in [1.82, 2.24) is 5.32 Å². The maximum absolute atomic E-state index is 11.9. The number of hydrogen-bond acceptors (Lipinski definition) is 3. The molecule has 1 aromatic carbocycles. The average Bonchev–Trinajstić information content (AvgIpc) is 2.50. The molecule has 23 heavy (non-hydrogen) atoms. The van der Waals surface area contributed by atoms with E-state index in [9.17, 15) is 13.2 Å². The number of anilines is 2. The van der Waals surface area contributed by atoms with E-state index in [1.54, 1.807) is 24.3 Å². The molecule has 0 aliphatic heterocycles. The second-order valence-corrected chi connectivity index (χ2v) is 7.77. The minimum absolute atomic E-state index is 0.0940. The number of nitrogens with one attached hydrogen (secondary N) is 3. The molecule has 0 spiro atoms. The molecular formula is C16H25N3O3S. The van der Waals surface area contributed by atoms with Crippen LogP contribution in [0.5, 0.6) is 0 Å². The van der Waals surface area contributed by atoms with Crippen LogP contribution in [0.1, 0.15) is 45.4 Å². The molecule has 2 rings (SSSR count). The summed E-state index contributed by atoms with van der Waals surface area (Å²) in [4.78, 5) is 11.9. The lowest BCUT2D eigenvalue weighted by molar-refractivity contribution is 0.244. The number of urea groups is 1. The smallest absolute Gasteiger partial charge is 0.319 e. The summed E-state index contributed by atoms with van der Waals surface area (Å²) in [5, 5.41) is 5.75. The number of sulfonamides is 1. The third-order valence-corrected chi connectivity index (χ3v) is 5.32. The van der Waals surface area contributed by atoms with Crippen LogP contribution in [0.3, 0.4) is 0 Å². The number of amides is 2. The summed E-state index contributed by atoms with van der Waals surface area (Å²) in [7, 11) is -3.29. The Balaban J connectivity index is 1.85. The van der Waals surface area contributed by atoms with E-state index in [0.29, 0.717) is 17.8 Å².